The molecule has 2 unspecified atom stereocenters. The molecule has 6 nitrogen and oxygen atoms in total. The zero-order valence-corrected chi connectivity index (χ0v) is 18.0. The van der Waals surface area contributed by atoms with E-state index in [-0.39, 0.29) is 30.1 Å². The van der Waals surface area contributed by atoms with E-state index in [1.165, 1.54) is 5.56 Å². The highest BCUT2D eigenvalue weighted by atomic mass is 16.2. The predicted octanol–water partition coefficient (Wildman–Crippen LogP) is 3.03. The van der Waals surface area contributed by atoms with E-state index in [1.54, 1.807) is 4.90 Å². The molecule has 3 amide bonds. The average molecular weight is 422 g/mol. The third-order valence-electron chi connectivity index (χ3n) is 5.75. The van der Waals surface area contributed by atoms with E-state index in [9.17, 15) is 14.4 Å². The summed E-state index contributed by atoms with van der Waals surface area (Å²) in [6, 6.07) is 18.9. The highest BCUT2D eigenvalue weighted by Gasteiger charge is 2.34. The first-order valence-corrected chi connectivity index (χ1v) is 11.0. The van der Waals surface area contributed by atoms with E-state index < -0.39 is 6.04 Å². The van der Waals surface area contributed by atoms with Crippen molar-refractivity contribution in [3.05, 3.63) is 71.8 Å². The molecule has 2 aromatic rings. The Balaban J connectivity index is 1.51. The number of amides is 3. The van der Waals surface area contributed by atoms with Crippen LogP contribution in [0.1, 0.15) is 43.7 Å². The molecule has 1 aliphatic rings. The van der Waals surface area contributed by atoms with Crippen molar-refractivity contribution < 1.29 is 14.4 Å². The molecule has 1 fully saturated rings. The van der Waals surface area contributed by atoms with Crippen LogP contribution in [-0.2, 0) is 27.2 Å². The second kappa shape index (κ2) is 11.3. The van der Waals surface area contributed by atoms with Gasteiger partial charge in [0.25, 0.3) is 5.91 Å². The van der Waals surface area contributed by atoms with Gasteiger partial charge >= 0.3 is 0 Å². The van der Waals surface area contributed by atoms with Gasteiger partial charge < -0.3 is 4.90 Å². The van der Waals surface area contributed by atoms with Gasteiger partial charge in [-0.3, -0.25) is 25.2 Å². The summed E-state index contributed by atoms with van der Waals surface area (Å²) >= 11 is 0. The van der Waals surface area contributed by atoms with Crippen molar-refractivity contribution >= 4 is 17.7 Å². The highest BCUT2D eigenvalue weighted by Crippen LogP contribution is 2.21. The lowest BCUT2D eigenvalue weighted by atomic mass is 9.95. The Morgan fingerprint density at radius 1 is 0.935 bits per heavy atom. The van der Waals surface area contributed by atoms with Crippen LogP contribution in [0.15, 0.2) is 60.7 Å². The van der Waals surface area contributed by atoms with E-state index in [0.717, 1.165) is 31.2 Å². The van der Waals surface area contributed by atoms with Crippen molar-refractivity contribution in [1.29, 1.82) is 0 Å². The number of rotatable bonds is 7. The van der Waals surface area contributed by atoms with Crippen LogP contribution in [-0.4, -0.2) is 35.2 Å². The number of carbonyl (C=O) groups is 3. The minimum absolute atomic E-state index is 0.00592. The van der Waals surface area contributed by atoms with Crippen LogP contribution in [0.3, 0.4) is 0 Å². The molecule has 0 spiro atoms. The van der Waals surface area contributed by atoms with Crippen LogP contribution in [0.4, 0.5) is 0 Å². The molecule has 0 saturated carbocycles. The Morgan fingerprint density at radius 2 is 1.58 bits per heavy atom. The van der Waals surface area contributed by atoms with Crippen molar-refractivity contribution in [2.24, 2.45) is 5.92 Å². The Bertz CT molecular complexity index is 870. The fraction of sp³-hybridized carbons (Fsp3) is 0.400. The van der Waals surface area contributed by atoms with Crippen LogP contribution in [0.25, 0.3) is 0 Å². The highest BCUT2D eigenvalue weighted by molar-refractivity contribution is 5.90. The normalized spacial score (nSPS) is 16.9. The summed E-state index contributed by atoms with van der Waals surface area (Å²) in [5.74, 6) is -0.776. The molecule has 0 radical (unpaired) electrons. The Hall–Kier alpha value is -3.15. The van der Waals surface area contributed by atoms with Gasteiger partial charge in [0.2, 0.25) is 11.8 Å². The molecule has 3 rings (SSSR count). The number of benzene rings is 2. The van der Waals surface area contributed by atoms with Gasteiger partial charge in [-0.2, -0.15) is 0 Å². The fourth-order valence-corrected chi connectivity index (χ4v) is 3.94. The van der Waals surface area contributed by atoms with Crippen molar-refractivity contribution in [3.63, 3.8) is 0 Å². The lowest BCUT2D eigenvalue weighted by Crippen LogP contribution is -2.56. The Labute approximate surface area is 184 Å². The van der Waals surface area contributed by atoms with E-state index in [2.05, 4.69) is 23.0 Å². The smallest absolute Gasteiger partial charge is 0.261 e. The largest absolute Gasteiger partial charge is 0.330 e. The van der Waals surface area contributed by atoms with Crippen molar-refractivity contribution in [3.8, 4) is 0 Å². The van der Waals surface area contributed by atoms with Gasteiger partial charge in [0.15, 0.2) is 0 Å². The molecular weight excluding hydrogens is 390 g/mol. The van der Waals surface area contributed by atoms with Crippen molar-refractivity contribution in [1.82, 2.24) is 15.8 Å². The molecule has 1 saturated heterocycles. The summed E-state index contributed by atoms with van der Waals surface area (Å²) in [7, 11) is 0. The van der Waals surface area contributed by atoms with E-state index in [0.29, 0.717) is 13.0 Å². The summed E-state index contributed by atoms with van der Waals surface area (Å²) < 4.78 is 0. The number of piperidine rings is 1. The molecule has 1 heterocycles. The summed E-state index contributed by atoms with van der Waals surface area (Å²) in [5.41, 5.74) is 7.08. The van der Waals surface area contributed by atoms with Crippen molar-refractivity contribution in [2.45, 2.75) is 51.5 Å². The molecule has 31 heavy (non-hydrogen) atoms. The van der Waals surface area contributed by atoms with Gasteiger partial charge in [-0.05, 0) is 43.2 Å². The molecule has 0 aromatic heterocycles. The maximum atomic E-state index is 13.1. The van der Waals surface area contributed by atoms with Gasteiger partial charge in [0, 0.05) is 12.5 Å². The third kappa shape index (κ3) is 6.67. The Morgan fingerprint density at radius 3 is 2.26 bits per heavy atom. The van der Waals surface area contributed by atoms with Crippen LogP contribution in [0.2, 0.25) is 0 Å². The van der Waals surface area contributed by atoms with Crippen LogP contribution < -0.4 is 10.9 Å². The second-order valence-corrected chi connectivity index (χ2v) is 8.17. The first kappa shape index (κ1) is 22.5. The van der Waals surface area contributed by atoms with Crippen LogP contribution in [0, 0.1) is 5.92 Å². The number of nitrogens with one attached hydrogen (secondary N) is 2. The molecule has 2 aromatic carbocycles. The standard InChI is InChI=1S/C25H31N3O3/c1-19(15-16-20-10-4-2-5-11-20)25(31)28-17-9-8-14-22(28)24(30)27-26-23(29)18-21-12-6-3-7-13-21/h2-7,10-13,19,22H,8-9,14-18H2,1H3,(H,26,29)(H,27,30). The monoisotopic (exact) mass is 421 g/mol. The number of nitrogens with zero attached hydrogens (tertiary/aromatic N) is 1. The molecule has 2 N–H and O–H groups in total. The summed E-state index contributed by atoms with van der Waals surface area (Å²) in [6.07, 6.45) is 4.14. The second-order valence-electron chi connectivity index (χ2n) is 8.17. The van der Waals surface area contributed by atoms with Gasteiger partial charge in [0.1, 0.15) is 6.04 Å². The van der Waals surface area contributed by atoms with E-state index in [1.807, 2.05) is 55.5 Å². The average Bonchev–Trinajstić information content (AvgIpc) is 2.82. The lowest BCUT2D eigenvalue weighted by molar-refractivity contribution is -0.146. The first-order valence-electron chi connectivity index (χ1n) is 11.0. The molecule has 2 atom stereocenters. The summed E-state index contributed by atoms with van der Waals surface area (Å²) in [4.78, 5) is 39.7. The minimum Gasteiger partial charge on any atom is -0.330 e. The Kier molecular flexibility index (Phi) is 8.21. The fourth-order valence-electron chi connectivity index (χ4n) is 3.94. The number of hydrogen-bond donors (Lipinski definition) is 2. The minimum atomic E-state index is -0.544. The summed E-state index contributed by atoms with van der Waals surface area (Å²) in [5, 5.41) is 0. The van der Waals surface area contributed by atoms with Gasteiger partial charge in [0.05, 0.1) is 6.42 Å². The molecule has 6 heteroatoms. The maximum Gasteiger partial charge on any atom is 0.261 e. The van der Waals surface area contributed by atoms with Gasteiger partial charge in [-0.25, -0.2) is 0 Å². The van der Waals surface area contributed by atoms with Gasteiger partial charge in [-0.15, -0.1) is 0 Å². The van der Waals surface area contributed by atoms with Crippen LogP contribution >= 0.6 is 0 Å². The zero-order chi connectivity index (χ0) is 22.1. The SMILES string of the molecule is CC(CCc1ccccc1)C(=O)N1CCCCC1C(=O)NNC(=O)Cc1ccccc1. The number of hydrogen-bond acceptors (Lipinski definition) is 3. The number of likely N-dealkylation sites (tertiary alicyclic amines) is 1. The van der Waals surface area contributed by atoms with Crippen LogP contribution in [0.5, 0.6) is 0 Å². The molecular formula is C25H31N3O3. The number of hydrazine groups is 1. The van der Waals surface area contributed by atoms with Crippen molar-refractivity contribution in [2.75, 3.05) is 6.54 Å². The van der Waals surface area contributed by atoms with Gasteiger partial charge in [-0.1, -0.05) is 67.6 Å². The third-order valence-corrected chi connectivity index (χ3v) is 5.75. The topological polar surface area (TPSA) is 78.5 Å². The van der Waals surface area contributed by atoms with E-state index >= 15 is 0 Å². The first-order chi connectivity index (χ1) is 15.0. The molecule has 1 aliphatic heterocycles. The molecule has 164 valence electrons. The number of carbonyl (C=O) groups excluding carboxylic acids is 3. The zero-order valence-electron chi connectivity index (χ0n) is 18.0. The summed E-state index contributed by atoms with van der Waals surface area (Å²) in [6.45, 7) is 2.50. The maximum absolute atomic E-state index is 13.1. The quantitative estimate of drug-likeness (QED) is 0.675. The predicted molar refractivity (Wildman–Crippen MR) is 120 cm³/mol. The lowest BCUT2D eigenvalue weighted by Gasteiger charge is -2.36. The number of aryl methyl sites for hydroxylation is 1. The molecule has 0 aliphatic carbocycles. The molecule has 0 bridgehead atoms. The van der Waals surface area contributed by atoms with E-state index in [4.69, 9.17) is 0 Å².